The first kappa shape index (κ1) is 10.2. The van der Waals surface area contributed by atoms with E-state index in [1.165, 1.54) is 24.7 Å². The molecule has 0 N–H and O–H groups in total. The van der Waals surface area contributed by atoms with E-state index in [9.17, 15) is 8.42 Å². The van der Waals surface area contributed by atoms with Crippen LogP contribution in [-0.4, -0.2) is 26.9 Å². The van der Waals surface area contributed by atoms with Crippen LogP contribution in [0.3, 0.4) is 0 Å². The largest absolute Gasteiger partial charge is 0.373 e. The van der Waals surface area contributed by atoms with Gasteiger partial charge in [0, 0.05) is 12.0 Å². The van der Waals surface area contributed by atoms with Crippen molar-refractivity contribution < 1.29 is 13.2 Å². The maximum Gasteiger partial charge on any atom is 0.174 e. The molecular weight excluding hydrogens is 200 g/mol. The molecule has 1 heterocycles. The maximum atomic E-state index is 11.0. The first-order valence-corrected chi connectivity index (χ1v) is 6.90. The zero-order valence-electron chi connectivity index (χ0n) is 8.19. The quantitative estimate of drug-likeness (QED) is 0.715. The Morgan fingerprint density at radius 3 is 2.64 bits per heavy atom. The lowest BCUT2D eigenvalue weighted by atomic mass is 9.83. The molecule has 0 amide bonds. The van der Waals surface area contributed by atoms with Crippen LogP contribution in [0.4, 0.5) is 0 Å². The molecule has 0 radical (unpaired) electrons. The Morgan fingerprint density at radius 1 is 1.36 bits per heavy atom. The van der Waals surface area contributed by atoms with Gasteiger partial charge in [-0.05, 0) is 18.4 Å². The molecule has 0 aromatic heterocycles. The van der Waals surface area contributed by atoms with Gasteiger partial charge in [0.2, 0.25) is 0 Å². The smallest absolute Gasteiger partial charge is 0.174 e. The summed E-state index contributed by atoms with van der Waals surface area (Å²) in [6, 6.07) is 0. The summed E-state index contributed by atoms with van der Waals surface area (Å²) in [5, 5.41) is 1.26. The Labute approximate surface area is 85.1 Å². The summed E-state index contributed by atoms with van der Waals surface area (Å²) >= 11 is 0. The van der Waals surface area contributed by atoms with E-state index in [0.717, 1.165) is 12.3 Å². The number of rotatable bonds is 4. The highest BCUT2D eigenvalue weighted by molar-refractivity contribution is 7.94. The molecule has 2 aliphatic rings. The Balaban J connectivity index is 1.65. The van der Waals surface area contributed by atoms with Crippen LogP contribution in [0.2, 0.25) is 0 Å². The van der Waals surface area contributed by atoms with Gasteiger partial charge in [-0.15, -0.1) is 0 Å². The summed E-state index contributed by atoms with van der Waals surface area (Å²) in [4.78, 5) is 0. The number of hydrogen-bond donors (Lipinski definition) is 0. The normalized spacial score (nSPS) is 30.4. The van der Waals surface area contributed by atoms with Gasteiger partial charge in [-0.3, -0.25) is 0 Å². The monoisotopic (exact) mass is 216 g/mol. The van der Waals surface area contributed by atoms with E-state index in [-0.39, 0.29) is 11.9 Å². The first-order chi connectivity index (χ1) is 6.66. The molecule has 1 fully saturated rings. The zero-order chi connectivity index (χ0) is 10.0. The number of sulfone groups is 1. The van der Waals surface area contributed by atoms with Crippen molar-refractivity contribution in [2.75, 3.05) is 12.4 Å². The topological polar surface area (TPSA) is 43.4 Å². The van der Waals surface area contributed by atoms with E-state index in [1.807, 2.05) is 0 Å². The predicted octanol–water partition coefficient (Wildman–Crippen LogP) is 1.50. The van der Waals surface area contributed by atoms with Crippen LogP contribution in [-0.2, 0) is 14.6 Å². The molecule has 0 saturated heterocycles. The summed E-state index contributed by atoms with van der Waals surface area (Å²) in [5.74, 6) is 0.967. The van der Waals surface area contributed by atoms with Gasteiger partial charge in [0.15, 0.2) is 9.84 Å². The molecule has 80 valence electrons. The molecule has 1 unspecified atom stereocenters. The van der Waals surface area contributed by atoms with Crippen molar-refractivity contribution in [3.05, 3.63) is 11.5 Å². The highest BCUT2D eigenvalue weighted by Gasteiger charge is 2.23. The molecule has 3 nitrogen and oxygen atoms in total. The van der Waals surface area contributed by atoms with E-state index >= 15 is 0 Å². The molecule has 1 aliphatic heterocycles. The lowest BCUT2D eigenvalue weighted by Gasteiger charge is -2.25. The minimum atomic E-state index is -2.94. The van der Waals surface area contributed by atoms with E-state index in [4.69, 9.17) is 4.74 Å². The Hall–Kier alpha value is -0.350. The van der Waals surface area contributed by atoms with Crippen molar-refractivity contribution in [1.29, 1.82) is 0 Å². The van der Waals surface area contributed by atoms with Gasteiger partial charge in [0.25, 0.3) is 0 Å². The molecule has 1 aliphatic carbocycles. The third-order valence-electron chi connectivity index (χ3n) is 2.98. The van der Waals surface area contributed by atoms with Crippen molar-refractivity contribution in [1.82, 2.24) is 0 Å². The molecule has 4 heteroatoms. The fourth-order valence-corrected chi connectivity index (χ4v) is 3.01. The van der Waals surface area contributed by atoms with Crippen molar-refractivity contribution in [3.8, 4) is 0 Å². The van der Waals surface area contributed by atoms with Crippen LogP contribution in [0.25, 0.3) is 0 Å². The van der Waals surface area contributed by atoms with Crippen LogP contribution in [0.5, 0.6) is 0 Å². The van der Waals surface area contributed by atoms with Crippen molar-refractivity contribution in [3.63, 3.8) is 0 Å². The molecule has 2 rings (SSSR count). The number of ether oxygens (including phenoxy) is 1. The van der Waals surface area contributed by atoms with Crippen LogP contribution in [0.15, 0.2) is 11.5 Å². The van der Waals surface area contributed by atoms with Gasteiger partial charge in [0.05, 0.1) is 11.9 Å². The second kappa shape index (κ2) is 4.03. The van der Waals surface area contributed by atoms with Crippen molar-refractivity contribution in [2.45, 2.75) is 31.8 Å². The first-order valence-electron chi connectivity index (χ1n) is 5.18. The maximum absolute atomic E-state index is 11.0. The second-order valence-corrected chi connectivity index (χ2v) is 6.08. The average Bonchev–Trinajstić information content (AvgIpc) is 2.36. The summed E-state index contributed by atoms with van der Waals surface area (Å²) < 4.78 is 27.6. The Morgan fingerprint density at radius 2 is 2.14 bits per heavy atom. The fourth-order valence-electron chi connectivity index (χ4n) is 1.82. The minimum absolute atomic E-state index is 0.137. The molecule has 0 aromatic carbocycles. The van der Waals surface area contributed by atoms with E-state index in [1.54, 1.807) is 6.08 Å². The molecule has 0 bridgehead atoms. The van der Waals surface area contributed by atoms with Crippen LogP contribution in [0, 0.1) is 5.92 Å². The van der Waals surface area contributed by atoms with Gasteiger partial charge in [0.1, 0.15) is 0 Å². The number of hydrogen-bond acceptors (Lipinski definition) is 3. The summed E-state index contributed by atoms with van der Waals surface area (Å²) in [6.07, 6.45) is 6.53. The SMILES string of the molecule is O=S1(=O)C=CC(OCCC2CCC2)C1. The summed E-state index contributed by atoms with van der Waals surface area (Å²) in [6.45, 7) is 0.704. The van der Waals surface area contributed by atoms with Gasteiger partial charge in [-0.2, -0.15) is 0 Å². The summed E-state index contributed by atoms with van der Waals surface area (Å²) in [5.41, 5.74) is 0. The standard InChI is InChI=1S/C10H16O3S/c11-14(12)7-5-10(8-14)13-6-4-9-2-1-3-9/h5,7,9-10H,1-4,6,8H2. The van der Waals surface area contributed by atoms with E-state index in [0.29, 0.717) is 6.61 Å². The van der Waals surface area contributed by atoms with Gasteiger partial charge >= 0.3 is 0 Å². The van der Waals surface area contributed by atoms with Crippen LogP contribution in [0.1, 0.15) is 25.7 Å². The lowest BCUT2D eigenvalue weighted by Crippen LogP contribution is -2.19. The third kappa shape index (κ3) is 2.58. The van der Waals surface area contributed by atoms with E-state index in [2.05, 4.69) is 0 Å². The molecule has 0 aromatic rings. The zero-order valence-corrected chi connectivity index (χ0v) is 9.00. The van der Waals surface area contributed by atoms with Crippen LogP contribution >= 0.6 is 0 Å². The molecular formula is C10H16O3S. The van der Waals surface area contributed by atoms with Gasteiger partial charge < -0.3 is 4.74 Å². The molecule has 0 spiro atoms. The highest BCUT2D eigenvalue weighted by atomic mass is 32.2. The van der Waals surface area contributed by atoms with Crippen molar-refractivity contribution >= 4 is 9.84 Å². The van der Waals surface area contributed by atoms with Gasteiger partial charge in [-0.25, -0.2) is 8.42 Å². The summed E-state index contributed by atoms with van der Waals surface area (Å²) in [7, 11) is -2.94. The Bertz CT molecular complexity index is 314. The second-order valence-electron chi connectivity index (χ2n) is 4.15. The lowest BCUT2D eigenvalue weighted by molar-refractivity contribution is 0.0790. The fraction of sp³-hybridized carbons (Fsp3) is 0.800. The minimum Gasteiger partial charge on any atom is -0.373 e. The molecule has 14 heavy (non-hydrogen) atoms. The van der Waals surface area contributed by atoms with Crippen molar-refractivity contribution in [2.24, 2.45) is 5.92 Å². The molecule has 1 atom stereocenters. The average molecular weight is 216 g/mol. The van der Waals surface area contributed by atoms with E-state index < -0.39 is 9.84 Å². The highest BCUT2D eigenvalue weighted by Crippen LogP contribution is 2.29. The molecule has 1 saturated carbocycles. The van der Waals surface area contributed by atoms with Gasteiger partial charge in [-0.1, -0.05) is 19.3 Å². The predicted molar refractivity (Wildman–Crippen MR) is 54.6 cm³/mol. The third-order valence-corrected chi connectivity index (χ3v) is 4.34. The van der Waals surface area contributed by atoms with Crippen LogP contribution < -0.4 is 0 Å². The Kier molecular flexibility index (Phi) is 2.93.